The third kappa shape index (κ3) is 4.20. The van der Waals surface area contributed by atoms with Crippen LogP contribution in [0.25, 0.3) is 0 Å². The molecule has 7 heteroatoms. The summed E-state index contributed by atoms with van der Waals surface area (Å²) in [7, 11) is 0. The number of aryl methyl sites for hydroxylation is 1. The Balaban J connectivity index is 1.38. The van der Waals surface area contributed by atoms with Crippen molar-refractivity contribution in [3.8, 4) is 0 Å². The summed E-state index contributed by atoms with van der Waals surface area (Å²) in [5.74, 6) is 0.00979. The lowest BCUT2D eigenvalue weighted by atomic mass is 10.1. The summed E-state index contributed by atoms with van der Waals surface area (Å²) < 4.78 is 5.41. The lowest BCUT2D eigenvalue weighted by molar-refractivity contribution is -0.131. The Morgan fingerprint density at radius 2 is 2.30 bits per heavy atom. The quantitative estimate of drug-likeness (QED) is 0.878. The lowest BCUT2D eigenvalue weighted by Gasteiger charge is -2.26. The average Bonchev–Trinajstić information content (AvgIpc) is 3.30. The van der Waals surface area contributed by atoms with Crippen LogP contribution in [0.3, 0.4) is 0 Å². The first kappa shape index (κ1) is 18.1. The zero-order valence-corrected chi connectivity index (χ0v) is 16.2. The van der Waals surface area contributed by atoms with Crippen molar-refractivity contribution in [1.82, 2.24) is 9.88 Å². The van der Waals surface area contributed by atoms with Crippen molar-refractivity contribution in [3.63, 3.8) is 0 Å². The second kappa shape index (κ2) is 7.78. The van der Waals surface area contributed by atoms with Crippen LogP contribution in [0.2, 0.25) is 0 Å². The van der Waals surface area contributed by atoms with Crippen LogP contribution < -0.4 is 5.32 Å². The summed E-state index contributed by atoms with van der Waals surface area (Å²) in [6.45, 7) is 3.91. The highest BCUT2D eigenvalue weighted by Crippen LogP contribution is 2.29. The van der Waals surface area contributed by atoms with Crippen molar-refractivity contribution >= 4 is 28.3 Å². The number of fused-ring (bicyclic) bond motifs is 1. The van der Waals surface area contributed by atoms with Crippen molar-refractivity contribution < 1.29 is 14.3 Å². The summed E-state index contributed by atoms with van der Waals surface area (Å²) in [5.41, 5.74) is 3.19. The fraction of sp³-hybridized carbons (Fsp3) is 0.450. The van der Waals surface area contributed by atoms with Gasteiger partial charge in [-0.25, -0.2) is 4.98 Å². The van der Waals surface area contributed by atoms with Gasteiger partial charge in [-0.05, 0) is 25.3 Å². The Kier molecular flexibility index (Phi) is 5.22. The number of carbonyl (C=O) groups excluding carboxylic acids is 2. The van der Waals surface area contributed by atoms with Crippen LogP contribution in [0.4, 0.5) is 5.13 Å². The Hall–Kier alpha value is -2.25. The van der Waals surface area contributed by atoms with Gasteiger partial charge in [-0.1, -0.05) is 41.2 Å². The first-order valence-corrected chi connectivity index (χ1v) is 10.1. The maximum absolute atomic E-state index is 12.7. The molecule has 0 spiro atoms. The number of aromatic nitrogens is 1. The second-order valence-corrected chi connectivity index (χ2v) is 8.19. The largest absolute Gasteiger partial charge is 0.368 e. The molecular weight excluding hydrogens is 362 g/mol. The summed E-state index contributed by atoms with van der Waals surface area (Å²) in [4.78, 5) is 32.4. The number of ether oxygens (including phenoxy) is 1. The van der Waals surface area contributed by atoms with Crippen LogP contribution in [0.1, 0.15) is 34.5 Å². The number of amides is 2. The number of benzene rings is 1. The molecule has 1 N–H and O–H groups in total. The fourth-order valence-electron chi connectivity index (χ4n) is 3.54. The van der Waals surface area contributed by atoms with Gasteiger partial charge in [0, 0.05) is 24.4 Å². The number of hydrogen-bond donors (Lipinski definition) is 1. The van der Waals surface area contributed by atoms with Gasteiger partial charge in [0.15, 0.2) is 5.13 Å². The molecule has 0 saturated carbocycles. The van der Waals surface area contributed by atoms with E-state index in [0.717, 1.165) is 41.0 Å². The standard InChI is InChI=1S/C20H23N3O3S/c1-13-4-2-5-14(10-13)11-18(24)23-8-7-15-17(12-23)27-20(21-15)22-19(25)16-6-3-9-26-16/h2,4-5,10,16H,3,6-9,11-12H2,1H3,(H,21,22,25). The van der Waals surface area contributed by atoms with E-state index in [4.69, 9.17) is 4.74 Å². The van der Waals surface area contributed by atoms with E-state index in [-0.39, 0.29) is 17.9 Å². The summed E-state index contributed by atoms with van der Waals surface area (Å²) in [6.07, 6.45) is 2.46. The number of carbonyl (C=O) groups is 2. The van der Waals surface area contributed by atoms with Crippen LogP contribution >= 0.6 is 11.3 Å². The number of nitrogens with zero attached hydrogens (tertiary/aromatic N) is 2. The minimum Gasteiger partial charge on any atom is -0.368 e. The third-order valence-electron chi connectivity index (χ3n) is 4.97. The highest BCUT2D eigenvalue weighted by Gasteiger charge is 2.27. The predicted molar refractivity (Wildman–Crippen MR) is 104 cm³/mol. The molecule has 0 aliphatic carbocycles. The monoisotopic (exact) mass is 385 g/mol. The highest BCUT2D eigenvalue weighted by molar-refractivity contribution is 7.15. The van der Waals surface area contributed by atoms with Crippen molar-refractivity contribution in [2.24, 2.45) is 0 Å². The predicted octanol–water partition coefficient (Wildman–Crippen LogP) is 2.70. The Bertz CT molecular complexity index is 858. The molecule has 0 radical (unpaired) electrons. The van der Waals surface area contributed by atoms with Gasteiger partial charge in [0.1, 0.15) is 6.10 Å². The average molecular weight is 385 g/mol. The van der Waals surface area contributed by atoms with Crippen LogP contribution in [-0.4, -0.2) is 41.0 Å². The van der Waals surface area contributed by atoms with Crippen LogP contribution in [0.15, 0.2) is 24.3 Å². The van der Waals surface area contributed by atoms with Crippen molar-refractivity contribution in [3.05, 3.63) is 46.0 Å². The van der Waals surface area contributed by atoms with E-state index in [1.165, 1.54) is 11.3 Å². The molecule has 3 heterocycles. The van der Waals surface area contributed by atoms with Gasteiger partial charge in [0.2, 0.25) is 5.91 Å². The molecule has 2 aliphatic heterocycles. The highest BCUT2D eigenvalue weighted by atomic mass is 32.1. The smallest absolute Gasteiger partial charge is 0.255 e. The van der Waals surface area contributed by atoms with E-state index >= 15 is 0 Å². The van der Waals surface area contributed by atoms with Gasteiger partial charge in [0.05, 0.1) is 18.7 Å². The van der Waals surface area contributed by atoms with E-state index in [2.05, 4.69) is 16.4 Å². The Labute approximate surface area is 162 Å². The first-order valence-electron chi connectivity index (χ1n) is 9.33. The maximum atomic E-state index is 12.7. The second-order valence-electron chi connectivity index (χ2n) is 7.11. The molecule has 2 aliphatic rings. The van der Waals surface area contributed by atoms with Crippen LogP contribution in [-0.2, 0) is 33.7 Å². The zero-order valence-electron chi connectivity index (χ0n) is 15.4. The minimum absolute atomic E-state index is 0.119. The zero-order chi connectivity index (χ0) is 18.8. The minimum atomic E-state index is -0.363. The topological polar surface area (TPSA) is 71.5 Å². The van der Waals surface area contributed by atoms with Crippen molar-refractivity contribution in [2.75, 3.05) is 18.5 Å². The molecule has 4 rings (SSSR count). The van der Waals surface area contributed by atoms with Crippen molar-refractivity contribution in [1.29, 1.82) is 0 Å². The van der Waals surface area contributed by atoms with Crippen LogP contribution in [0.5, 0.6) is 0 Å². The third-order valence-corrected chi connectivity index (χ3v) is 5.97. The van der Waals surface area contributed by atoms with Gasteiger partial charge in [-0.3, -0.25) is 14.9 Å². The molecule has 1 aromatic carbocycles. The molecule has 1 saturated heterocycles. The SMILES string of the molecule is Cc1cccc(CC(=O)N2CCc3nc(NC(=O)C4CCCO4)sc3C2)c1. The molecular formula is C20H23N3O3S. The molecule has 1 fully saturated rings. The number of rotatable bonds is 4. The maximum Gasteiger partial charge on any atom is 0.255 e. The summed E-state index contributed by atoms with van der Waals surface area (Å²) in [5, 5.41) is 3.48. The van der Waals surface area contributed by atoms with Gasteiger partial charge >= 0.3 is 0 Å². The molecule has 0 bridgehead atoms. The Morgan fingerprint density at radius 1 is 1.41 bits per heavy atom. The summed E-state index contributed by atoms with van der Waals surface area (Å²) in [6, 6.07) is 8.06. The van der Waals surface area contributed by atoms with E-state index in [1.807, 2.05) is 30.0 Å². The Morgan fingerprint density at radius 3 is 3.07 bits per heavy atom. The number of thiazole rings is 1. The fourth-order valence-corrected chi connectivity index (χ4v) is 4.57. The van der Waals surface area contributed by atoms with Crippen molar-refractivity contribution in [2.45, 2.75) is 45.3 Å². The number of hydrogen-bond acceptors (Lipinski definition) is 5. The van der Waals surface area contributed by atoms with Gasteiger partial charge in [-0.2, -0.15) is 0 Å². The molecule has 1 atom stereocenters. The lowest BCUT2D eigenvalue weighted by Crippen LogP contribution is -2.36. The van der Waals surface area contributed by atoms with E-state index in [0.29, 0.717) is 31.2 Å². The molecule has 6 nitrogen and oxygen atoms in total. The van der Waals surface area contributed by atoms with Gasteiger partial charge < -0.3 is 9.64 Å². The molecule has 1 aromatic heterocycles. The van der Waals surface area contributed by atoms with Gasteiger partial charge in [-0.15, -0.1) is 0 Å². The number of anilines is 1. The summed E-state index contributed by atoms with van der Waals surface area (Å²) >= 11 is 1.46. The molecule has 2 aromatic rings. The van der Waals surface area contributed by atoms with E-state index in [9.17, 15) is 9.59 Å². The van der Waals surface area contributed by atoms with Crippen LogP contribution in [0, 0.1) is 6.92 Å². The van der Waals surface area contributed by atoms with E-state index in [1.54, 1.807) is 0 Å². The van der Waals surface area contributed by atoms with Gasteiger partial charge in [0.25, 0.3) is 5.91 Å². The molecule has 2 amide bonds. The normalized spacial score (nSPS) is 19.0. The van der Waals surface area contributed by atoms with E-state index < -0.39 is 0 Å². The molecule has 142 valence electrons. The molecule has 27 heavy (non-hydrogen) atoms. The first-order chi connectivity index (χ1) is 13.1. The molecule has 1 unspecified atom stereocenters. The number of nitrogens with one attached hydrogen (secondary N) is 1.